The van der Waals surface area contributed by atoms with Gasteiger partial charge in [-0.3, -0.25) is 14.2 Å². The lowest BCUT2D eigenvalue weighted by molar-refractivity contribution is -0.0313. The van der Waals surface area contributed by atoms with Crippen LogP contribution in [0.5, 0.6) is 0 Å². The molecule has 2 heterocycles. The SMILES string of the molecule is COC1(CNC(=O)c2c(C)ccn(-c3cccc4c3CCC4)c2=O)CCNCC1. The van der Waals surface area contributed by atoms with Gasteiger partial charge in [-0.05, 0) is 80.9 Å². The third-order valence-electron chi connectivity index (χ3n) is 6.43. The van der Waals surface area contributed by atoms with Crippen LogP contribution in [0, 0.1) is 6.92 Å². The Labute approximate surface area is 171 Å². The molecular weight excluding hydrogens is 366 g/mol. The van der Waals surface area contributed by atoms with E-state index < -0.39 is 0 Å². The van der Waals surface area contributed by atoms with Crippen molar-refractivity contribution in [3.8, 4) is 5.69 Å². The third-order valence-corrected chi connectivity index (χ3v) is 6.43. The predicted octanol–water partition coefficient (Wildman–Crippen LogP) is 2.13. The predicted molar refractivity (Wildman–Crippen MR) is 113 cm³/mol. The Morgan fingerprint density at radius 1 is 1.24 bits per heavy atom. The Balaban J connectivity index is 1.63. The van der Waals surface area contributed by atoms with Crippen LogP contribution in [0.15, 0.2) is 35.3 Å². The lowest BCUT2D eigenvalue weighted by Gasteiger charge is -2.36. The van der Waals surface area contributed by atoms with Crippen molar-refractivity contribution in [1.82, 2.24) is 15.2 Å². The summed E-state index contributed by atoms with van der Waals surface area (Å²) < 4.78 is 7.36. The lowest BCUT2D eigenvalue weighted by Crippen LogP contribution is -2.51. The van der Waals surface area contributed by atoms with Crippen LogP contribution in [0.4, 0.5) is 0 Å². The molecule has 6 nitrogen and oxygen atoms in total. The molecular formula is C23H29N3O3. The second-order valence-corrected chi connectivity index (χ2v) is 8.14. The minimum atomic E-state index is -0.372. The van der Waals surface area contributed by atoms with Gasteiger partial charge < -0.3 is 15.4 Å². The number of methoxy groups -OCH3 is 1. The highest BCUT2D eigenvalue weighted by Gasteiger charge is 2.32. The van der Waals surface area contributed by atoms with Gasteiger partial charge in [-0.15, -0.1) is 0 Å². The summed E-state index contributed by atoms with van der Waals surface area (Å²) >= 11 is 0. The Hall–Kier alpha value is -2.44. The molecule has 1 fully saturated rings. The molecule has 2 N–H and O–H groups in total. The lowest BCUT2D eigenvalue weighted by atomic mass is 9.92. The van der Waals surface area contributed by atoms with E-state index in [9.17, 15) is 9.59 Å². The van der Waals surface area contributed by atoms with E-state index in [0.29, 0.717) is 12.1 Å². The second kappa shape index (κ2) is 8.13. The number of carbonyl (C=O) groups excluding carboxylic acids is 1. The summed E-state index contributed by atoms with van der Waals surface area (Å²) in [4.78, 5) is 26.3. The van der Waals surface area contributed by atoms with Crippen LogP contribution in [-0.2, 0) is 17.6 Å². The molecule has 0 bridgehead atoms. The zero-order valence-electron chi connectivity index (χ0n) is 17.2. The number of carbonyl (C=O) groups is 1. The van der Waals surface area contributed by atoms with Gasteiger partial charge in [0.25, 0.3) is 11.5 Å². The molecule has 0 atom stereocenters. The largest absolute Gasteiger partial charge is 0.376 e. The normalized spacial score (nSPS) is 17.7. The minimum absolute atomic E-state index is 0.211. The summed E-state index contributed by atoms with van der Waals surface area (Å²) in [5, 5.41) is 6.28. The fraction of sp³-hybridized carbons (Fsp3) is 0.478. The molecule has 1 aliphatic heterocycles. The molecule has 0 radical (unpaired) electrons. The van der Waals surface area contributed by atoms with Crippen molar-refractivity contribution < 1.29 is 9.53 Å². The molecule has 29 heavy (non-hydrogen) atoms. The molecule has 154 valence electrons. The average Bonchev–Trinajstić information content (AvgIpc) is 3.22. The highest BCUT2D eigenvalue weighted by molar-refractivity contribution is 5.95. The standard InChI is InChI=1S/C23H29N3O3/c1-16-9-14-26(19-8-4-6-17-5-3-7-18(17)19)22(28)20(16)21(27)25-15-23(29-2)10-12-24-13-11-23/h4,6,8-9,14,24H,3,5,7,10-13,15H2,1-2H3,(H,25,27). The molecule has 4 rings (SSSR count). The van der Waals surface area contributed by atoms with Crippen molar-refractivity contribution in [2.75, 3.05) is 26.7 Å². The number of benzene rings is 1. The highest BCUT2D eigenvalue weighted by atomic mass is 16.5. The number of nitrogens with one attached hydrogen (secondary N) is 2. The van der Waals surface area contributed by atoms with Gasteiger partial charge in [0, 0.05) is 19.9 Å². The maximum Gasteiger partial charge on any atom is 0.268 e. The van der Waals surface area contributed by atoms with E-state index in [0.717, 1.165) is 50.9 Å². The zero-order valence-corrected chi connectivity index (χ0v) is 17.2. The number of fused-ring (bicyclic) bond motifs is 1. The van der Waals surface area contributed by atoms with E-state index in [1.54, 1.807) is 17.9 Å². The van der Waals surface area contributed by atoms with Crippen molar-refractivity contribution in [3.05, 3.63) is 63.1 Å². The monoisotopic (exact) mass is 395 g/mol. The Morgan fingerprint density at radius 3 is 2.79 bits per heavy atom. The van der Waals surface area contributed by atoms with Gasteiger partial charge in [0.2, 0.25) is 0 Å². The Morgan fingerprint density at radius 2 is 2.03 bits per heavy atom. The van der Waals surface area contributed by atoms with Gasteiger partial charge in [0.15, 0.2) is 0 Å². The van der Waals surface area contributed by atoms with Gasteiger partial charge in [0.05, 0.1) is 11.3 Å². The topological polar surface area (TPSA) is 72.4 Å². The quantitative estimate of drug-likeness (QED) is 0.814. The third kappa shape index (κ3) is 3.74. The average molecular weight is 396 g/mol. The van der Waals surface area contributed by atoms with Gasteiger partial charge in [-0.1, -0.05) is 12.1 Å². The van der Waals surface area contributed by atoms with Crippen molar-refractivity contribution in [3.63, 3.8) is 0 Å². The van der Waals surface area contributed by atoms with Crippen LogP contribution in [-0.4, -0.2) is 42.8 Å². The summed E-state index contributed by atoms with van der Waals surface area (Å²) in [6.07, 6.45) is 6.57. The number of piperidine rings is 1. The molecule has 1 amide bonds. The van der Waals surface area contributed by atoms with E-state index in [2.05, 4.69) is 16.7 Å². The van der Waals surface area contributed by atoms with Crippen LogP contribution >= 0.6 is 0 Å². The molecule has 1 aromatic carbocycles. The van der Waals surface area contributed by atoms with Crippen LogP contribution in [0.3, 0.4) is 0 Å². The molecule has 0 saturated carbocycles. The summed E-state index contributed by atoms with van der Waals surface area (Å²) in [6.45, 7) is 3.94. The maximum atomic E-state index is 13.3. The number of hydrogen-bond donors (Lipinski definition) is 2. The fourth-order valence-corrected chi connectivity index (χ4v) is 4.58. The van der Waals surface area contributed by atoms with Crippen molar-refractivity contribution >= 4 is 5.91 Å². The zero-order chi connectivity index (χ0) is 20.4. The van der Waals surface area contributed by atoms with Crippen LogP contribution in [0.1, 0.15) is 46.3 Å². The van der Waals surface area contributed by atoms with Crippen molar-refractivity contribution in [2.45, 2.75) is 44.6 Å². The van der Waals surface area contributed by atoms with Gasteiger partial charge in [-0.25, -0.2) is 0 Å². The number of nitrogens with zero attached hydrogens (tertiary/aromatic N) is 1. The maximum absolute atomic E-state index is 13.3. The number of ether oxygens (including phenoxy) is 1. The van der Waals surface area contributed by atoms with E-state index in [-0.39, 0.29) is 22.6 Å². The van der Waals surface area contributed by atoms with E-state index in [4.69, 9.17) is 4.74 Å². The molecule has 1 saturated heterocycles. The Bertz CT molecular complexity index is 974. The number of rotatable bonds is 5. The molecule has 2 aliphatic rings. The number of pyridine rings is 1. The van der Waals surface area contributed by atoms with Crippen LogP contribution in [0.25, 0.3) is 5.69 Å². The molecule has 2 aromatic rings. The molecule has 1 aromatic heterocycles. The fourth-order valence-electron chi connectivity index (χ4n) is 4.58. The summed E-state index contributed by atoms with van der Waals surface area (Å²) in [6, 6.07) is 7.94. The summed E-state index contributed by atoms with van der Waals surface area (Å²) in [7, 11) is 1.69. The van der Waals surface area contributed by atoms with E-state index in [1.807, 2.05) is 25.1 Å². The summed E-state index contributed by atoms with van der Waals surface area (Å²) in [5.41, 5.74) is 3.68. The number of aryl methyl sites for hydroxylation is 2. The highest BCUT2D eigenvalue weighted by Crippen LogP contribution is 2.27. The Kier molecular flexibility index (Phi) is 5.56. The van der Waals surface area contributed by atoms with Gasteiger partial charge in [0.1, 0.15) is 5.56 Å². The molecule has 6 heteroatoms. The van der Waals surface area contributed by atoms with Crippen molar-refractivity contribution in [2.24, 2.45) is 0 Å². The number of hydrogen-bond acceptors (Lipinski definition) is 4. The minimum Gasteiger partial charge on any atom is -0.376 e. The molecule has 0 spiro atoms. The summed E-state index contributed by atoms with van der Waals surface area (Å²) in [5.74, 6) is -0.329. The van der Waals surface area contributed by atoms with Gasteiger partial charge in [-0.2, -0.15) is 0 Å². The first kappa shape index (κ1) is 19.9. The van der Waals surface area contributed by atoms with E-state index in [1.165, 1.54) is 11.1 Å². The number of aromatic nitrogens is 1. The second-order valence-electron chi connectivity index (χ2n) is 8.14. The first-order valence-corrected chi connectivity index (χ1v) is 10.4. The first-order chi connectivity index (χ1) is 14.0. The molecule has 0 unspecified atom stereocenters. The van der Waals surface area contributed by atoms with E-state index >= 15 is 0 Å². The smallest absolute Gasteiger partial charge is 0.268 e. The molecule has 1 aliphatic carbocycles. The van der Waals surface area contributed by atoms with Gasteiger partial charge >= 0.3 is 0 Å². The van der Waals surface area contributed by atoms with Crippen molar-refractivity contribution in [1.29, 1.82) is 0 Å². The first-order valence-electron chi connectivity index (χ1n) is 10.4. The number of amides is 1. The van der Waals surface area contributed by atoms with Crippen LogP contribution in [0.2, 0.25) is 0 Å². The van der Waals surface area contributed by atoms with Crippen LogP contribution < -0.4 is 16.2 Å².